The minimum Gasteiger partial charge on any atom is -0.322 e. The molecule has 1 amide bonds. The van der Waals surface area contributed by atoms with Gasteiger partial charge in [-0.3, -0.25) is 19.2 Å². The van der Waals surface area contributed by atoms with Crippen molar-refractivity contribution in [2.24, 2.45) is 0 Å². The molecular formula is C21H19N3O5S. The third-order valence-electron chi connectivity index (χ3n) is 4.62. The smallest absolute Gasteiger partial charge is 0.273 e. The molecule has 0 aliphatic rings. The van der Waals surface area contributed by atoms with Gasteiger partial charge in [-0.1, -0.05) is 30.3 Å². The summed E-state index contributed by atoms with van der Waals surface area (Å²) in [5.41, 5.74) is 0.961. The van der Waals surface area contributed by atoms with E-state index in [2.05, 4.69) is 5.32 Å². The van der Waals surface area contributed by atoms with Gasteiger partial charge in [0.25, 0.3) is 21.6 Å². The van der Waals surface area contributed by atoms with Crippen molar-refractivity contribution in [2.75, 3.05) is 16.7 Å². The van der Waals surface area contributed by atoms with E-state index >= 15 is 0 Å². The quantitative estimate of drug-likeness (QED) is 0.474. The zero-order valence-corrected chi connectivity index (χ0v) is 17.1. The van der Waals surface area contributed by atoms with Crippen molar-refractivity contribution in [1.29, 1.82) is 0 Å². The first kappa shape index (κ1) is 21.0. The Hall–Kier alpha value is -3.72. The molecule has 0 saturated heterocycles. The predicted molar refractivity (Wildman–Crippen MR) is 114 cm³/mol. The Morgan fingerprint density at radius 2 is 1.67 bits per heavy atom. The zero-order chi connectivity index (χ0) is 21.9. The standard InChI is InChI=1S/C21H19N3O5S/c1-15-19(12-7-13-20(15)24(26)27)21(25)22-16-8-6-11-18(14-16)30(28,29)23(2)17-9-4-3-5-10-17/h3-14H,1-2H3,(H,22,25). The van der Waals surface area contributed by atoms with E-state index in [1.54, 1.807) is 36.4 Å². The van der Waals surface area contributed by atoms with Gasteiger partial charge >= 0.3 is 0 Å². The number of para-hydroxylation sites is 1. The van der Waals surface area contributed by atoms with Gasteiger partial charge in [0, 0.05) is 29.9 Å². The molecule has 154 valence electrons. The highest BCUT2D eigenvalue weighted by Crippen LogP contribution is 2.25. The van der Waals surface area contributed by atoms with Crippen LogP contribution in [0.3, 0.4) is 0 Å². The average molecular weight is 425 g/mol. The molecular weight excluding hydrogens is 406 g/mol. The molecule has 0 aliphatic heterocycles. The van der Waals surface area contributed by atoms with Crippen LogP contribution >= 0.6 is 0 Å². The van der Waals surface area contributed by atoms with E-state index in [1.807, 2.05) is 0 Å². The van der Waals surface area contributed by atoms with Gasteiger partial charge in [-0.15, -0.1) is 0 Å². The van der Waals surface area contributed by atoms with Gasteiger partial charge < -0.3 is 5.32 Å². The highest BCUT2D eigenvalue weighted by Gasteiger charge is 2.22. The SMILES string of the molecule is Cc1c(C(=O)Nc2cccc(S(=O)(=O)N(C)c3ccccc3)c2)cccc1[N+](=O)[O-]. The first-order valence-corrected chi connectivity index (χ1v) is 10.3. The molecule has 9 heteroatoms. The van der Waals surface area contributed by atoms with Crippen LogP contribution in [0.15, 0.2) is 77.7 Å². The zero-order valence-electron chi connectivity index (χ0n) is 16.3. The Kier molecular flexibility index (Phi) is 5.84. The molecule has 3 aromatic carbocycles. The molecule has 30 heavy (non-hydrogen) atoms. The normalized spacial score (nSPS) is 11.0. The lowest BCUT2D eigenvalue weighted by Gasteiger charge is -2.20. The number of carbonyl (C=O) groups excluding carboxylic acids is 1. The van der Waals surface area contributed by atoms with E-state index in [0.717, 1.165) is 4.31 Å². The molecule has 0 spiro atoms. The van der Waals surface area contributed by atoms with Gasteiger partial charge in [-0.25, -0.2) is 8.42 Å². The Bertz CT molecular complexity index is 1210. The Morgan fingerprint density at radius 1 is 1.00 bits per heavy atom. The highest BCUT2D eigenvalue weighted by molar-refractivity contribution is 7.92. The number of nitro benzene ring substituents is 1. The Labute approximate surface area is 174 Å². The summed E-state index contributed by atoms with van der Waals surface area (Å²) < 4.78 is 27.1. The van der Waals surface area contributed by atoms with Gasteiger partial charge in [-0.05, 0) is 43.3 Å². The number of nitrogens with one attached hydrogen (secondary N) is 1. The summed E-state index contributed by atoms with van der Waals surface area (Å²) in [6.45, 7) is 1.49. The summed E-state index contributed by atoms with van der Waals surface area (Å²) in [7, 11) is -2.40. The van der Waals surface area contributed by atoms with Crippen LogP contribution in [-0.4, -0.2) is 26.3 Å². The minimum atomic E-state index is -3.85. The maximum atomic E-state index is 13.0. The van der Waals surface area contributed by atoms with Crippen LogP contribution in [0.1, 0.15) is 15.9 Å². The fourth-order valence-corrected chi connectivity index (χ4v) is 4.18. The van der Waals surface area contributed by atoms with E-state index in [9.17, 15) is 23.3 Å². The number of nitrogens with zero attached hydrogens (tertiary/aromatic N) is 2. The van der Waals surface area contributed by atoms with Crippen LogP contribution in [0.25, 0.3) is 0 Å². The van der Waals surface area contributed by atoms with Gasteiger partial charge in [0.05, 0.1) is 15.5 Å². The maximum absolute atomic E-state index is 13.0. The first-order chi connectivity index (χ1) is 14.2. The van der Waals surface area contributed by atoms with Crippen LogP contribution in [0.2, 0.25) is 0 Å². The minimum absolute atomic E-state index is 0.00224. The topological polar surface area (TPSA) is 110 Å². The van der Waals surface area contributed by atoms with Crippen molar-refractivity contribution in [3.05, 3.63) is 94.0 Å². The molecule has 3 aromatic rings. The average Bonchev–Trinajstić information content (AvgIpc) is 2.73. The number of hydrogen-bond donors (Lipinski definition) is 1. The van der Waals surface area contributed by atoms with Crippen LogP contribution in [0, 0.1) is 17.0 Å². The van der Waals surface area contributed by atoms with Gasteiger partial charge in [0.2, 0.25) is 0 Å². The van der Waals surface area contributed by atoms with Crippen molar-refractivity contribution in [2.45, 2.75) is 11.8 Å². The van der Waals surface area contributed by atoms with E-state index < -0.39 is 20.9 Å². The van der Waals surface area contributed by atoms with E-state index in [-0.39, 0.29) is 27.4 Å². The molecule has 3 rings (SSSR count). The highest BCUT2D eigenvalue weighted by atomic mass is 32.2. The first-order valence-electron chi connectivity index (χ1n) is 8.91. The lowest BCUT2D eigenvalue weighted by Crippen LogP contribution is -2.26. The fourth-order valence-electron chi connectivity index (χ4n) is 2.93. The molecule has 0 aliphatic carbocycles. The third kappa shape index (κ3) is 4.15. The number of carbonyl (C=O) groups is 1. The van der Waals surface area contributed by atoms with Crippen LogP contribution in [0.5, 0.6) is 0 Å². The largest absolute Gasteiger partial charge is 0.322 e. The number of sulfonamides is 1. The number of rotatable bonds is 6. The summed E-state index contributed by atoms with van der Waals surface area (Å²) >= 11 is 0. The van der Waals surface area contributed by atoms with Gasteiger partial charge in [-0.2, -0.15) is 0 Å². The summed E-state index contributed by atoms with van der Waals surface area (Å²) in [5.74, 6) is -0.567. The molecule has 8 nitrogen and oxygen atoms in total. The van der Waals surface area contributed by atoms with Crippen LogP contribution < -0.4 is 9.62 Å². The van der Waals surface area contributed by atoms with E-state index in [0.29, 0.717) is 5.69 Å². The molecule has 1 N–H and O–H groups in total. The molecule has 0 aromatic heterocycles. The van der Waals surface area contributed by atoms with Crippen molar-refractivity contribution in [3.8, 4) is 0 Å². The van der Waals surface area contributed by atoms with Crippen molar-refractivity contribution in [1.82, 2.24) is 0 Å². The predicted octanol–water partition coefficient (Wildman–Crippen LogP) is 3.98. The maximum Gasteiger partial charge on any atom is 0.273 e. The van der Waals surface area contributed by atoms with E-state index in [1.165, 1.54) is 50.4 Å². The molecule has 0 heterocycles. The molecule has 0 saturated carbocycles. The number of benzene rings is 3. The molecule has 0 radical (unpaired) electrons. The van der Waals surface area contributed by atoms with Gasteiger partial charge in [0.15, 0.2) is 0 Å². The molecule has 0 atom stereocenters. The van der Waals surface area contributed by atoms with Crippen LogP contribution in [-0.2, 0) is 10.0 Å². The summed E-state index contributed by atoms with van der Waals surface area (Å²) in [6, 6.07) is 18.7. The number of amides is 1. The second kappa shape index (κ2) is 8.34. The monoisotopic (exact) mass is 425 g/mol. The van der Waals surface area contributed by atoms with Crippen molar-refractivity contribution < 1.29 is 18.1 Å². The second-order valence-corrected chi connectivity index (χ2v) is 8.47. The van der Waals surface area contributed by atoms with E-state index in [4.69, 9.17) is 0 Å². The summed E-state index contributed by atoms with van der Waals surface area (Å²) in [4.78, 5) is 23.2. The Morgan fingerprint density at radius 3 is 2.33 bits per heavy atom. The van der Waals surface area contributed by atoms with Gasteiger partial charge in [0.1, 0.15) is 0 Å². The van der Waals surface area contributed by atoms with Crippen LogP contribution in [0.4, 0.5) is 17.1 Å². The molecule has 0 bridgehead atoms. The fraction of sp³-hybridized carbons (Fsp3) is 0.0952. The lowest BCUT2D eigenvalue weighted by molar-refractivity contribution is -0.385. The molecule has 0 fully saturated rings. The summed E-state index contributed by atoms with van der Waals surface area (Å²) in [6.07, 6.45) is 0. The second-order valence-electron chi connectivity index (χ2n) is 6.50. The summed E-state index contributed by atoms with van der Waals surface area (Å²) in [5, 5.41) is 13.7. The number of anilines is 2. The number of hydrogen-bond acceptors (Lipinski definition) is 5. The third-order valence-corrected chi connectivity index (χ3v) is 6.40. The Balaban J connectivity index is 1.89. The van der Waals surface area contributed by atoms with Crippen molar-refractivity contribution >= 4 is 33.0 Å². The van der Waals surface area contributed by atoms with Crippen molar-refractivity contribution in [3.63, 3.8) is 0 Å². The number of nitro groups is 1. The lowest BCUT2D eigenvalue weighted by atomic mass is 10.1. The molecule has 0 unspecified atom stereocenters.